The maximum atomic E-state index is 12.6. The number of amides is 2. The van der Waals surface area contributed by atoms with Gasteiger partial charge in [0.15, 0.2) is 0 Å². The van der Waals surface area contributed by atoms with Gasteiger partial charge in [0.2, 0.25) is 0 Å². The summed E-state index contributed by atoms with van der Waals surface area (Å²) in [5.41, 5.74) is 1.06. The van der Waals surface area contributed by atoms with Crippen LogP contribution in [-0.4, -0.2) is 41.3 Å². The zero-order valence-electron chi connectivity index (χ0n) is 16.4. The lowest BCUT2D eigenvalue weighted by atomic mass is 9.99. The highest BCUT2D eigenvalue weighted by Crippen LogP contribution is 2.38. The molecule has 0 spiro atoms. The first kappa shape index (κ1) is 19.2. The van der Waals surface area contributed by atoms with Gasteiger partial charge in [0, 0.05) is 31.5 Å². The van der Waals surface area contributed by atoms with Gasteiger partial charge in [0.05, 0.1) is 7.11 Å². The molecule has 28 heavy (non-hydrogen) atoms. The lowest BCUT2D eigenvalue weighted by molar-refractivity contribution is 0.179. The Kier molecular flexibility index (Phi) is 6.10. The minimum atomic E-state index is 0.000972. The van der Waals surface area contributed by atoms with Crippen molar-refractivity contribution in [1.82, 2.24) is 20.4 Å². The van der Waals surface area contributed by atoms with Gasteiger partial charge in [0.25, 0.3) is 0 Å². The molecular weight excluding hydrogens is 372 g/mol. The van der Waals surface area contributed by atoms with Crippen molar-refractivity contribution in [2.75, 3.05) is 20.2 Å². The Morgan fingerprint density at radius 1 is 1.11 bits per heavy atom. The van der Waals surface area contributed by atoms with Crippen LogP contribution >= 0.6 is 11.3 Å². The second kappa shape index (κ2) is 8.90. The molecule has 0 bridgehead atoms. The van der Waals surface area contributed by atoms with Crippen molar-refractivity contribution in [2.45, 2.75) is 56.9 Å². The van der Waals surface area contributed by atoms with Crippen LogP contribution in [0.3, 0.4) is 0 Å². The number of nitrogens with one attached hydrogen (secondary N) is 1. The molecule has 2 aromatic rings. The second-order valence-corrected chi connectivity index (χ2v) is 8.79. The van der Waals surface area contributed by atoms with E-state index in [-0.39, 0.29) is 6.03 Å². The second-order valence-electron chi connectivity index (χ2n) is 7.75. The molecule has 2 fully saturated rings. The quantitative estimate of drug-likeness (QED) is 0.813. The number of likely N-dealkylation sites (tertiary alicyclic amines) is 1. The maximum Gasteiger partial charge on any atom is 0.317 e. The van der Waals surface area contributed by atoms with Crippen LogP contribution in [0.5, 0.6) is 5.75 Å². The van der Waals surface area contributed by atoms with Crippen LogP contribution in [0.4, 0.5) is 4.79 Å². The summed E-state index contributed by atoms with van der Waals surface area (Å²) >= 11 is 1.77. The first-order chi connectivity index (χ1) is 13.7. The van der Waals surface area contributed by atoms with Crippen LogP contribution in [-0.2, 0) is 6.54 Å². The monoisotopic (exact) mass is 400 g/mol. The molecule has 7 heteroatoms. The van der Waals surface area contributed by atoms with Crippen molar-refractivity contribution in [1.29, 1.82) is 0 Å². The molecule has 1 saturated heterocycles. The lowest BCUT2D eigenvalue weighted by Gasteiger charge is -2.31. The summed E-state index contributed by atoms with van der Waals surface area (Å²) in [6.45, 7) is 2.06. The van der Waals surface area contributed by atoms with E-state index in [1.807, 2.05) is 29.2 Å². The number of rotatable bonds is 5. The van der Waals surface area contributed by atoms with E-state index in [1.54, 1.807) is 18.4 Å². The van der Waals surface area contributed by atoms with Crippen molar-refractivity contribution >= 4 is 17.4 Å². The molecule has 4 rings (SSSR count). The van der Waals surface area contributed by atoms with Gasteiger partial charge in [0.1, 0.15) is 15.8 Å². The van der Waals surface area contributed by atoms with Crippen LogP contribution in [0.25, 0.3) is 0 Å². The Morgan fingerprint density at radius 3 is 2.50 bits per heavy atom. The molecule has 1 atom stereocenters. The first-order valence-corrected chi connectivity index (χ1v) is 11.0. The lowest BCUT2D eigenvalue weighted by Crippen LogP contribution is -2.44. The number of urea groups is 1. The van der Waals surface area contributed by atoms with Gasteiger partial charge in [-0.3, -0.25) is 0 Å². The number of carbonyl (C=O) groups excluding carboxylic acids is 1. The molecule has 150 valence electrons. The molecule has 1 aliphatic carbocycles. The van der Waals surface area contributed by atoms with Crippen molar-refractivity contribution in [2.24, 2.45) is 0 Å². The molecule has 2 amide bonds. The summed E-state index contributed by atoms with van der Waals surface area (Å²) in [5, 5.41) is 14.3. The molecule has 1 N–H and O–H groups in total. The average Bonchev–Trinajstić information content (AvgIpc) is 3.44. The molecule has 2 aliphatic rings. The molecule has 1 aromatic heterocycles. The normalized spacial score (nSPS) is 20.3. The standard InChI is InChI=1S/C21H28N4O2S/c1-27-18-10-8-15(9-11-18)13-22-21(26)25-12-4-7-17(14-25)20-24-23-19(28-20)16-5-2-3-6-16/h8-11,16-17H,2-7,12-14H2,1H3,(H,22,26). The summed E-state index contributed by atoms with van der Waals surface area (Å²) in [4.78, 5) is 14.6. The van der Waals surface area contributed by atoms with Gasteiger partial charge in [-0.1, -0.05) is 25.0 Å². The molecule has 1 aliphatic heterocycles. The summed E-state index contributed by atoms with van der Waals surface area (Å²) < 4.78 is 5.17. The summed E-state index contributed by atoms with van der Waals surface area (Å²) in [6.07, 6.45) is 7.22. The van der Waals surface area contributed by atoms with E-state index in [4.69, 9.17) is 4.74 Å². The number of ether oxygens (including phenoxy) is 1. The van der Waals surface area contributed by atoms with Crippen molar-refractivity contribution < 1.29 is 9.53 Å². The van der Waals surface area contributed by atoms with Crippen LogP contribution < -0.4 is 10.1 Å². The minimum absolute atomic E-state index is 0.000972. The summed E-state index contributed by atoms with van der Waals surface area (Å²) in [5.74, 6) is 1.75. The molecule has 2 heterocycles. The Labute approximate surface area is 170 Å². The largest absolute Gasteiger partial charge is 0.497 e. The fourth-order valence-corrected chi connectivity index (χ4v) is 5.28. The molecule has 1 unspecified atom stereocenters. The average molecular weight is 401 g/mol. The number of methoxy groups -OCH3 is 1. The number of carbonyl (C=O) groups is 1. The fourth-order valence-electron chi connectivity index (χ4n) is 4.15. The fraction of sp³-hybridized carbons (Fsp3) is 0.571. The van der Waals surface area contributed by atoms with Crippen LogP contribution in [0.1, 0.15) is 65.9 Å². The molecule has 1 aromatic carbocycles. The van der Waals surface area contributed by atoms with E-state index in [2.05, 4.69) is 15.5 Å². The molecule has 0 radical (unpaired) electrons. The van der Waals surface area contributed by atoms with Gasteiger partial charge >= 0.3 is 6.03 Å². The van der Waals surface area contributed by atoms with Gasteiger partial charge in [-0.15, -0.1) is 21.5 Å². The topological polar surface area (TPSA) is 67.3 Å². The van der Waals surface area contributed by atoms with E-state index in [9.17, 15) is 4.79 Å². The van der Waals surface area contributed by atoms with Gasteiger partial charge in [-0.25, -0.2) is 4.79 Å². The third kappa shape index (κ3) is 4.46. The number of nitrogens with zero attached hydrogens (tertiary/aromatic N) is 3. The van der Waals surface area contributed by atoms with Crippen LogP contribution in [0.15, 0.2) is 24.3 Å². The third-order valence-corrected chi connectivity index (χ3v) is 7.07. The highest BCUT2D eigenvalue weighted by molar-refractivity contribution is 7.11. The predicted octanol–water partition coefficient (Wildman–Crippen LogP) is 4.29. The summed E-state index contributed by atoms with van der Waals surface area (Å²) in [6, 6.07) is 7.78. The van der Waals surface area contributed by atoms with E-state index in [1.165, 1.54) is 30.7 Å². The van der Waals surface area contributed by atoms with Crippen LogP contribution in [0.2, 0.25) is 0 Å². The van der Waals surface area contributed by atoms with Gasteiger partial charge in [-0.2, -0.15) is 0 Å². The zero-order valence-corrected chi connectivity index (χ0v) is 17.2. The van der Waals surface area contributed by atoms with Crippen molar-refractivity contribution in [3.05, 3.63) is 39.8 Å². The van der Waals surface area contributed by atoms with Crippen LogP contribution in [0, 0.1) is 0 Å². The van der Waals surface area contributed by atoms with E-state index in [0.717, 1.165) is 42.3 Å². The smallest absolute Gasteiger partial charge is 0.317 e. The van der Waals surface area contributed by atoms with Crippen molar-refractivity contribution in [3.8, 4) is 5.75 Å². The molecule has 1 saturated carbocycles. The number of piperidine rings is 1. The van der Waals surface area contributed by atoms with E-state index >= 15 is 0 Å². The Balaban J connectivity index is 1.31. The third-order valence-electron chi connectivity index (χ3n) is 5.82. The van der Waals surface area contributed by atoms with Gasteiger partial charge < -0.3 is 15.0 Å². The zero-order chi connectivity index (χ0) is 19.3. The van der Waals surface area contributed by atoms with E-state index < -0.39 is 0 Å². The van der Waals surface area contributed by atoms with Crippen molar-refractivity contribution in [3.63, 3.8) is 0 Å². The number of benzene rings is 1. The van der Waals surface area contributed by atoms with E-state index in [0.29, 0.717) is 18.4 Å². The Bertz CT molecular complexity index is 786. The minimum Gasteiger partial charge on any atom is -0.497 e. The number of hydrogen-bond donors (Lipinski definition) is 1. The van der Waals surface area contributed by atoms with Gasteiger partial charge in [-0.05, 0) is 43.4 Å². The number of aromatic nitrogens is 2. The highest BCUT2D eigenvalue weighted by Gasteiger charge is 2.29. The highest BCUT2D eigenvalue weighted by atomic mass is 32.1. The predicted molar refractivity (Wildman–Crippen MR) is 110 cm³/mol. The summed E-state index contributed by atoms with van der Waals surface area (Å²) in [7, 11) is 1.65. The first-order valence-electron chi connectivity index (χ1n) is 10.2. The Hall–Kier alpha value is -2.15. The maximum absolute atomic E-state index is 12.6. The molecule has 6 nitrogen and oxygen atoms in total. The SMILES string of the molecule is COc1ccc(CNC(=O)N2CCCC(c3nnc(C4CCCC4)s3)C2)cc1. The Morgan fingerprint density at radius 2 is 1.79 bits per heavy atom. The molecular formula is C21H28N4O2S. The number of hydrogen-bond acceptors (Lipinski definition) is 5.